The number of nitrogens with zero attached hydrogens (tertiary/aromatic N) is 3. The van der Waals surface area contributed by atoms with Gasteiger partial charge in [-0.1, -0.05) is 0 Å². The third-order valence-electron chi connectivity index (χ3n) is 4.54. The number of aryl methyl sites for hydroxylation is 1. The van der Waals surface area contributed by atoms with Crippen molar-refractivity contribution in [1.82, 2.24) is 14.3 Å². The molecule has 0 saturated heterocycles. The van der Waals surface area contributed by atoms with Crippen LogP contribution in [0.4, 0.5) is 10.1 Å². The van der Waals surface area contributed by atoms with Gasteiger partial charge in [0, 0.05) is 36.6 Å². The number of aliphatic hydroxyl groups is 1. The molecule has 3 rings (SSSR count). The molecule has 11 heteroatoms. The molecule has 0 bridgehead atoms. The van der Waals surface area contributed by atoms with E-state index in [0.29, 0.717) is 18.4 Å². The van der Waals surface area contributed by atoms with E-state index in [2.05, 4.69) is 15.0 Å². The maximum atomic E-state index is 13.5. The summed E-state index contributed by atoms with van der Waals surface area (Å²) in [6.45, 7) is 1.54. The van der Waals surface area contributed by atoms with Crippen molar-refractivity contribution >= 4 is 21.5 Å². The Morgan fingerprint density at radius 2 is 2.32 bits per heavy atom. The number of anilines is 1. The highest BCUT2D eigenvalue weighted by molar-refractivity contribution is 7.90. The first-order chi connectivity index (χ1) is 13.1. The van der Waals surface area contributed by atoms with E-state index in [1.54, 1.807) is 20.0 Å². The Hall–Kier alpha value is -2.81. The van der Waals surface area contributed by atoms with Crippen molar-refractivity contribution in [2.75, 3.05) is 5.32 Å². The lowest BCUT2D eigenvalue weighted by Gasteiger charge is -2.19. The molecule has 148 valence electrons. The predicted molar refractivity (Wildman–Crippen MR) is 98.3 cm³/mol. The number of aromatic nitrogens is 2. The number of hydrogen-bond acceptors (Lipinski definition) is 6. The molecule has 0 radical (unpaired) electrons. The van der Waals surface area contributed by atoms with Crippen molar-refractivity contribution in [3.8, 4) is 6.07 Å². The second kappa shape index (κ2) is 7.31. The van der Waals surface area contributed by atoms with Gasteiger partial charge in [0.15, 0.2) is 0 Å². The molecule has 2 unspecified atom stereocenters. The number of carbonyl (C=O) groups excluding carboxylic acids is 1. The molecular weight excluding hydrogens is 387 g/mol. The first-order valence-electron chi connectivity index (χ1n) is 8.43. The van der Waals surface area contributed by atoms with Gasteiger partial charge in [-0.2, -0.15) is 9.65 Å². The van der Waals surface area contributed by atoms with Crippen LogP contribution in [-0.4, -0.2) is 36.9 Å². The van der Waals surface area contributed by atoms with Crippen molar-refractivity contribution in [3.05, 3.63) is 41.2 Å². The number of nitrogens with one attached hydrogen (secondary N) is 3. The van der Waals surface area contributed by atoms with Crippen molar-refractivity contribution in [3.63, 3.8) is 0 Å². The average molecular weight is 406 g/mol. The Balaban J connectivity index is 1.99. The van der Waals surface area contributed by atoms with Gasteiger partial charge in [0.2, 0.25) is 5.95 Å². The molecule has 2 aromatic heterocycles. The molecule has 0 spiro atoms. The molecule has 0 fully saturated rings. The number of halogens is 1. The smallest absolute Gasteiger partial charge is 0.272 e. The number of aliphatic hydroxyl groups excluding tert-OH is 1. The average Bonchev–Trinajstić information content (AvgIpc) is 2.88. The number of carbonyl (C=O) groups is 1. The molecule has 3 atom stereocenters. The minimum absolute atomic E-state index is 0.0595. The van der Waals surface area contributed by atoms with Gasteiger partial charge < -0.3 is 15.0 Å². The van der Waals surface area contributed by atoms with Crippen molar-refractivity contribution < 1.29 is 18.5 Å². The highest BCUT2D eigenvalue weighted by atomic mass is 32.2. The van der Waals surface area contributed by atoms with Gasteiger partial charge in [-0.25, -0.2) is 18.7 Å². The van der Waals surface area contributed by atoms with Crippen LogP contribution in [0.25, 0.3) is 0 Å². The summed E-state index contributed by atoms with van der Waals surface area (Å²) in [5.41, 5.74) is 0.493. The van der Waals surface area contributed by atoms with Gasteiger partial charge in [0.1, 0.15) is 27.4 Å². The Morgan fingerprint density at radius 3 is 2.96 bits per heavy atom. The van der Waals surface area contributed by atoms with E-state index in [4.69, 9.17) is 10.0 Å². The summed E-state index contributed by atoms with van der Waals surface area (Å²) in [7, 11) is -1.84. The molecule has 1 aliphatic heterocycles. The van der Waals surface area contributed by atoms with Crippen LogP contribution >= 0.6 is 0 Å². The maximum absolute atomic E-state index is 13.5. The summed E-state index contributed by atoms with van der Waals surface area (Å²) >= 11 is 0. The molecular formula is C17H19FN6O3S. The lowest BCUT2D eigenvalue weighted by Crippen LogP contribution is -2.40. The molecule has 0 aromatic carbocycles. The zero-order valence-corrected chi connectivity index (χ0v) is 16.0. The van der Waals surface area contributed by atoms with Crippen LogP contribution in [0.2, 0.25) is 0 Å². The normalized spacial score (nSPS) is 22.6. The molecule has 0 aliphatic carbocycles. The fourth-order valence-corrected chi connectivity index (χ4v) is 4.95. The van der Waals surface area contributed by atoms with Gasteiger partial charge in [0.25, 0.3) is 5.91 Å². The SMILES string of the molecule is CC(O)[C@H]1CCc2c(cn(C)c2C(=O)Nc2cc(F)nc(C#N)c2)S(=N)(=O)N1. The number of rotatable bonds is 3. The minimum atomic E-state index is -3.42. The first-order valence-corrected chi connectivity index (χ1v) is 9.99. The fraction of sp³-hybridized carbons (Fsp3) is 0.353. The number of pyridine rings is 1. The quantitative estimate of drug-likeness (QED) is 0.568. The van der Waals surface area contributed by atoms with E-state index in [1.807, 2.05) is 0 Å². The summed E-state index contributed by atoms with van der Waals surface area (Å²) in [4.78, 5) is 16.4. The molecule has 4 N–H and O–H groups in total. The van der Waals surface area contributed by atoms with Crippen LogP contribution in [0.5, 0.6) is 0 Å². The highest BCUT2D eigenvalue weighted by Crippen LogP contribution is 2.29. The van der Waals surface area contributed by atoms with Gasteiger partial charge in [-0.3, -0.25) is 4.79 Å². The molecule has 3 heterocycles. The predicted octanol–water partition coefficient (Wildman–Crippen LogP) is 1.29. The Morgan fingerprint density at radius 1 is 1.61 bits per heavy atom. The second-order valence-corrected chi connectivity index (χ2v) is 8.41. The Bertz CT molecular complexity index is 1090. The largest absolute Gasteiger partial charge is 0.392 e. The number of amides is 1. The topological polar surface area (TPSA) is 144 Å². The summed E-state index contributed by atoms with van der Waals surface area (Å²) in [6.07, 6.45) is 1.34. The number of fused-ring (bicyclic) bond motifs is 1. The van der Waals surface area contributed by atoms with Crippen molar-refractivity contribution in [1.29, 1.82) is 10.0 Å². The lowest BCUT2D eigenvalue weighted by molar-refractivity contribution is 0.101. The van der Waals surface area contributed by atoms with Crippen molar-refractivity contribution in [2.24, 2.45) is 7.05 Å². The maximum Gasteiger partial charge on any atom is 0.272 e. The van der Waals surface area contributed by atoms with Gasteiger partial charge in [-0.05, 0) is 25.8 Å². The lowest BCUT2D eigenvalue weighted by atomic mass is 10.0. The van der Waals surface area contributed by atoms with E-state index in [0.717, 1.165) is 6.07 Å². The number of nitriles is 1. The Kier molecular flexibility index (Phi) is 5.20. The van der Waals surface area contributed by atoms with Gasteiger partial charge in [0.05, 0.1) is 11.0 Å². The fourth-order valence-electron chi connectivity index (χ4n) is 3.23. The van der Waals surface area contributed by atoms with Crippen LogP contribution in [0.3, 0.4) is 0 Å². The molecule has 9 nitrogen and oxygen atoms in total. The van der Waals surface area contributed by atoms with Crippen molar-refractivity contribution in [2.45, 2.75) is 36.8 Å². The van der Waals surface area contributed by atoms with Crippen LogP contribution in [0.15, 0.2) is 23.2 Å². The third kappa shape index (κ3) is 3.75. The van der Waals surface area contributed by atoms with E-state index < -0.39 is 33.9 Å². The van der Waals surface area contributed by atoms with E-state index in [-0.39, 0.29) is 22.0 Å². The standard InChI is InChI=1S/C17H19FN6O3S/c1-9(25)13-4-3-12-14(28(20,27)23-13)8-24(2)16(12)17(26)22-10-5-11(7-19)21-15(18)6-10/h5-6,8-9,13,25H,3-4H2,1-2H3,(H2,20,23,27)(H,21,22,26)/t9?,13-,28?/m1/s1. The second-order valence-electron chi connectivity index (χ2n) is 6.62. The van der Waals surface area contributed by atoms with E-state index in [9.17, 15) is 18.5 Å². The summed E-state index contributed by atoms with van der Waals surface area (Å²) in [5.74, 6) is -1.50. The molecule has 28 heavy (non-hydrogen) atoms. The summed E-state index contributed by atoms with van der Waals surface area (Å²) in [6, 6.07) is 3.38. The third-order valence-corrected chi connectivity index (χ3v) is 6.15. The zero-order valence-electron chi connectivity index (χ0n) is 15.2. The van der Waals surface area contributed by atoms with Crippen LogP contribution in [-0.2, 0) is 23.4 Å². The van der Waals surface area contributed by atoms with Crippen LogP contribution < -0.4 is 10.0 Å². The molecule has 1 aliphatic rings. The number of hydrogen-bond donors (Lipinski definition) is 4. The summed E-state index contributed by atoms with van der Waals surface area (Å²) in [5, 5.41) is 21.2. The van der Waals surface area contributed by atoms with E-state index in [1.165, 1.54) is 16.8 Å². The van der Waals surface area contributed by atoms with Crippen LogP contribution in [0.1, 0.15) is 35.1 Å². The summed E-state index contributed by atoms with van der Waals surface area (Å²) < 4.78 is 38.7. The zero-order chi connectivity index (χ0) is 20.6. The monoisotopic (exact) mass is 406 g/mol. The molecule has 2 aromatic rings. The van der Waals surface area contributed by atoms with E-state index >= 15 is 0 Å². The highest BCUT2D eigenvalue weighted by Gasteiger charge is 2.32. The van der Waals surface area contributed by atoms with Gasteiger partial charge >= 0.3 is 0 Å². The molecule has 1 amide bonds. The van der Waals surface area contributed by atoms with Gasteiger partial charge in [-0.15, -0.1) is 0 Å². The molecule has 0 saturated carbocycles. The minimum Gasteiger partial charge on any atom is -0.392 e. The first kappa shape index (κ1) is 19.9. The Labute approximate surface area is 161 Å². The van der Waals surface area contributed by atoms with Crippen LogP contribution in [0, 0.1) is 22.1 Å².